The normalized spacial score (nSPS) is 11.6. The van der Waals surface area contributed by atoms with Crippen molar-refractivity contribution in [1.29, 1.82) is 5.26 Å². The maximum Gasteiger partial charge on any atom is 0.416 e. The number of anilines is 1. The summed E-state index contributed by atoms with van der Waals surface area (Å²) >= 11 is 18.4. The highest BCUT2D eigenvalue weighted by molar-refractivity contribution is 9.13. The van der Waals surface area contributed by atoms with Crippen LogP contribution >= 0.6 is 55.1 Å². The van der Waals surface area contributed by atoms with Gasteiger partial charge in [0.1, 0.15) is 27.6 Å². The summed E-state index contributed by atoms with van der Waals surface area (Å²) in [4.78, 5) is 0. The Morgan fingerprint density at radius 3 is 2.26 bits per heavy atom. The second-order valence-corrected chi connectivity index (χ2v) is 7.39. The first kappa shape index (κ1) is 20.0. The maximum absolute atomic E-state index is 12.9. The number of halogens is 7. The van der Waals surface area contributed by atoms with Crippen molar-refractivity contribution in [3.05, 3.63) is 42.5 Å². The molecular formula is C14H4Br2Cl2F3N5O. The molecule has 140 valence electrons. The van der Waals surface area contributed by atoms with Crippen molar-refractivity contribution in [3.63, 3.8) is 0 Å². The van der Waals surface area contributed by atoms with Gasteiger partial charge in [-0.2, -0.15) is 23.5 Å². The van der Waals surface area contributed by atoms with Gasteiger partial charge in [0.15, 0.2) is 16.1 Å². The predicted octanol–water partition coefficient (Wildman–Crippen LogP) is 5.83. The summed E-state index contributed by atoms with van der Waals surface area (Å²) in [6.07, 6.45) is -4.64. The standard InChI is InChI=1S/C14H4Br2Cl2F3N5O/c15-9-11(27-25-12(9)16)8-7(3-22)24-26(13(8)23)10-5(17)1-4(2-6(10)18)14(19,20)21/h1-2H,23H2. The SMILES string of the molecule is N#Cc1nn(-c2c(Cl)cc(C(F)(F)F)cc2Cl)c(N)c1-c1onc(Br)c1Br. The highest BCUT2D eigenvalue weighted by Crippen LogP contribution is 2.42. The van der Waals surface area contributed by atoms with Crippen molar-refractivity contribution in [2.45, 2.75) is 6.18 Å². The van der Waals surface area contributed by atoms with Crippen LogP contribution < -0.4 is 5.73 Å². The molecule has 2 heterocycles. The molecule has 0 aliphatic heterocycles. The lowest BCUT2D eigenvalue weighted by molar-refractivity contribution is -0.137. The Kier molecular flexibility index (Phi) is 5.20. The molecule has 27 heavy (non-hydrogen) atoms. The summed E-state index contributed by atoms with van der Waals surface area (Å²) in [5.74, 6) is -0.0270. The molecule has 0 amide bonds. The van der Waals surface area contributed by atoms with E-state index in [4.69, 9.17) is 33.5 Å². The van der Waals surface area contributed by atoms with Crippen molar-refractivity contribution in [3.8, 4) is 23.1 Å². The minimum Gasteiger partial charge on any atom is -0.383 e. The Labute approximate surface area is 175 Å². The van der Waals surface area contributed by atoms with E-state index >= 15 is 0 Å². The average molecular weight is 546 g/mol. The molecule has 0 radical (unpaired) electrons. The Morgan fingerprint density at radius 1 is 1.22 bits per heavy atom. The lowest BCUT2D eigenvalue weighted by atomic mass is 10.1. The van der Waals surface area contributed by atoms with Gasteiger partial charge in [-0.15, -0.1) is 0 Å². The molecule has 2 N–H and O–H groups in total. The van der Waals surface area contributed by atoms with Crippen LogP contribution in [0.25, 0.3) is 17.0 Å². The molecule has 0 aliphatic rings. The van der Waals surface area contributed by atoms with Crippen LogP contribution in [0.5, 0.6) is 0 Å². The van der Waals surface area contributed by atoms with Crippen LogP contribution in [0.4, 0.5) is 19.0 Å². The van der Waals surface area contributed by atoms with Gasteiger partial charge in [0.2, 0.25) is 0 Å². The van der Waals surface area contributed by atoms with E-state index in [0.29, 0.717) is 21.2 Å². The Balaban J connectivity index is 2.26. The molecule has 2 aromatic heterocycles. The van der Waals surface area contributed by atoms with Gasteiger partial charge in [-0.1, -0.05) is 28.4 Å². The van der Waals surface area contributed by atoms with E-state index < -0.39 is 11.7 Å². The van der Waals surface area contributed by atoms with Gasteiger partial charge in [0.05, 0.1) is 15.6 Å². The second kappa shape index (κ2) is 7.01. The number of hydrogen-bond donors (Lipinski definition) is 1. The molecule has 6 nitrogen and oxygen atoms in total. The first-order valence-corrected chi connectivity index (χ1v) is 9.06. The molecule has 3 rings (SSSR count). The number of aromatic nitrogens is 3. The van der Waals surface area contributed by atoms with Crippen LogP contribution in [0.15, 0.2) is 25.7 Å². The Hall–Kier alpha value is -1.74. The van der Waals surface area contributed by atoms with Crippen LogP contribution in [0, 0.1) is 11.3 Å². The van der Waals surface area contributed by atoms with Gasteiger partial charge in [0.25, 0.3) is 0 Å². The van der Waals surface area contributed by atoms with Gasteiger partial charge >= 0.3 is 6.18 Å². The Morgan fingerprint density at radius 2 is 1.81 bits per heavy atom. The van der Waals surface area contributed by atoms with E-state index in [1.807, 2.05) is 6.07 Å². The molecule has 0 unspecified atom stereocenters. The van der Waals surface area contributed by atoms with Crippen molar-refractivity contribution in [1.82, 2.24) is 14.9 Å². The van der Waals surface area contributed by atoms with Gasteiger partial charge in [-0.25, -0.2) is 4.68 Å². The number of rotatable bonds is 2. The van der Waals surface area contributed by atoms with E-state index in [1.165, 1.54) is 0 Å². The molecule has 1 aromatic carbocycles. The number of nitrogens with two attached hydrogens (primary N) is 1. The zero-order valence-corrected chi connectivity index (χ0v) is 17.3. The lowest BCUT2D eigenvalue weighted by Gasteiger charge is -2.13. The summed E-state index contributed by atoms with van der Waals surface area (Å²) in [7, 11) is 0. The van der Waals surface area contributed by atoms with Crippen molar-refractivity contribution >= 4 is 60.9 Å². The van der Waals surface area contributed by atoms with E-state index in [2.05, 4.69) is 42.1 Å². The summed E-state index contributed by atoms with van der Waals surface area (Å²) < 4.78 is 45.5. The molecule has 0 saturated carbocycles. The fourth-order valence-electron chi connectivity index (χ4n) is 2.25. The summed E-state index contributed by atoms with van der Waals surface area (Å²) in [6, 6.07) is 3.22. The molecule has 0 fully saturated rings. The third kappa shape index (κ3) is 3.42. The average Bonchev–Trinajstić information content (AvgIpc) is 3.06. The highest BCUT2D eigenvalue weighted by Gasteiger charge is 2.33. The fraction of sp³-hybridized carbons (Fsp3) is 0.0714. The molecular weight excluding hydrogens is 542 g/mol. The number of nitrogens with zero attached hydrogens (tertiary/aromatic N) is 4. The third-order valence-corrected chi connectivity index (χ3v) is 5.79. The van der Waals surface area contributed by atoms with Crippen LogP contribution in [0.1, 0.15) is 11.3 Å². The van der Waals surface area contributed by atoms with Gasteiger partial charge in [0, 0.05) is 0 Å². The Bertz CT molecular complexity index is 1080. The van der Waals surface area contributed by atoms with E-state index in [-0.39, 0.29) is 38.6 Å². The zero-order chi connectivity index (χ0) is 20.1. The molecule has 0 atom stereocenters. The summed E-state index contributed by atoms with van der Waals surface area (Å²) in [5.41, 5.74) is 4.84. The van der Waals surface area contributed by atoms with Gasteiger partial charge in [-0.05, 0) is 44.0 Å². The largest absolute Gasteiger partial charge is 0.416 e. The number of hydrogen-bond acceptors (Lipinski definition) is 5. The van der Waals surface area contributed by atoms with Crippen molar-refractivity contribution in [2.75, 3.05) is 5.73 Å². The number of benzene rings is 1. The van der Waals surface area contributed by atoms with Gasteiger partial charge in [-0.3, -0.25) is 0 Å². The predicted molar refractivity (Wildman–Crippen MR) is 98.6 cm³/mol. The lowest BCUT2D eigenvalue weighted by Crippen LogP contribution is -2.08. The molecule has 13 heteroatoms. The van der Waals surface area contributed by atoms with E-state index in [1.54, 1.807) is 0 Å². The fourth-order valence-corrected chi connectivity index (χ4v) is 3.49. The first-order valence-electron chi connectivity index (χ1n) is 6.72. The smallest absolute Gasteiger partial charge is 0.383 e. The summed E-state index contributed by atoms with van der Waals surface area (Å²) in [5, 5.41) is 16.3. The van der Waals surface area contributed by atoms with Crippen LogP contribution in [0.2, 0.25) is 10.0 Å². The van der Waals surface area contributed by atoms with Crippen LogP contribution in [-0.2, 0) is 6.18 Å². The maximum atomic E-state index is 12.9. The molecule has 0 saturated heterocycles. The number of alkyl halides is 3. The summed E-state index contributed by atoms with van der Waals surface area (Å²) in [6.45, 7) is 0. The van der Waals surface area contributed by atoms with Gasteiger partial charge < -0.3 is 10.3 Å². The van der Waals surface area contributed by atoms with E-state index in [9.17, 15) is 18.4 Å². The molecule has 0 spiro atoms. The van der Waals surface area contributed by atoms with Crippen LogP contribution in [0.3, 0.4) is 0 Å². The highest BCUT2D eigenvalue weighted by atomic mass is 79.9. The number of nitrogen functional groups attached to an aromatic ring is 1. The minimum atomic E-state index is -4.64. The molecule has 3 aromatic rings. The van der Waals surface area contributed by atoms with Crippen molar-refractivity contribution < 1.29 is 17.7 Å². The number of nitriles is 1. The third-order valence-electron chi connectivity index (χ3n) is 3.41. The van der Waals surface area contributed by atoms with Crippen molar-refractivity contribution in [2.24, 2.45) is 0 Å². The topological polar surface area (TPSA) is 93.7 Å². The minimum absolute atomic E-state index is 0.0783. The molecule has 0 aliphatic carbocycles. The quantitative estimate of drug-likeness (QED) is 0.437. The van der Waals surface area contributed by atoms with Crippen LogP contribution in [-0.4, -0.2) is 14.9 Å². The first-order chi connectivity index (χ1) is 12.6. The monoisotopic (exact) mass is 543 g/mol. The molecule has 0 bridgehead atoms. The zero-order valence-electron chi connectivity index (χ0n) is 12.6. The van der Waals surface area contributed by atoms with E-state index in [0.717, 1.165) is 4.68 Å². The second-order valence-electron chi connectivity index (χ2n) is 5.04.